The second-order valence-electron chi connectivity index (χ2n) is 6.76. The van der Waals surface area contributed by atoms with E-state index in [4.69, 9.17) is 14.2 Å². The van der Waals surface area contributed by atoms with E-state index in [2.05, 4.69) is 28.9 Å². The number of hydrogen-bond donors (Lipinski definition) is 0. The van der Waals surface area contributed by atoms with Crippen LogP contribution >= 0.6 is 0 Å². The summed E-state index contributed by atoms with van der Waals surface area (Å²) in [5.41, 5.74) is 2.33. The molecule has 0 bridgehead atoms. The van der Waals surface area contributed by atoms with Crippen LogP contribution in [-0.4, -0.2) is 69.5 Å². The van der Waals surface area contributed by atoms with Crippen LogP contribution in [0.5, 0.6) is 11.5 Å². The second-order valence-corrected chi connectivity index (χ2v) is 6.76. The molecule has 5 nitrogen and oxygen atoms in total. The lowest BCUT2D eigenvalue weighted by Crippen LogP contribution is -2.51. The summed E-state index contributed by atoms with van der Waals surface area (Å²) in [5.74, 6) is 1.85. The quantitative estimate of drug-likeness (QED) is 0.825. The molecule has 1 aromatic rings. The summed E-state index contributed by atoms with van der Waals surface area (Å²) >= 11 is 0. The maximum Gasteiger partial charge on any atom is 0.129 e. The van der Waals surface area contributed by atoms with Gasteiger partial charge in [-0.25, -0.2) is 0 Å². The van der Waals surface area contributed by atoms with Crippen LogP contribution in [0.15, 0.2) is 12.1 Å². The van der Waals surface area contributed by atoms with Crippen molar-refractivity contribution < 1.29 is 14.2 Å². The standard InChI is InChI=1S/C19H30N2O3/c1-15-18(22-2)7-6-16(19(15)23-3)13-20-8-4-5-17(14-20)21-9-11-24-12-10-21/h6-7,17H,4-5,8-14H2,1-3H3. The predicted octanol–water partition coefficient (Wildman–Crippen LogP) is 2.31. The van der Waals surface area contributed by atoms with Crippen LogP contribution < -0.4 is 9.47 Å². The summed E-state index contributed by atoms with van der Waals surface area (Å²) in [6.07, 6.45) is 2.56. The molecular weight excluding hydrogens is 304 g/mol. The van der Waals surface area contributed by atoms with E-state index in [1.807, 2.05) is 0 Å². The van der Waals surface area contributed by atoms with Crippen molar-refractivity contribution in [3.8, 4) is 11.5 Å². The Morgan fingerprint density at radius 3 is 2.62 bits per heavy atom. The van der Waals surface area contributed by atoms with E-state index >= 15 is 0 Å². The molecule has 5 heteroatoms. The van der Waals surface area contributed by atoms with Crippen LogP contribution in [0.3, 0.4) is 0 Å². The van der Waals surface area contributed by atoms with Gasteiger partial charge < -0.3 is 14.2 Å². The lowest BCUT2D eigenvalue weighted by molar-refractivity contribution is -0.00365. The Bertz CT molecular complexity index is 544. The SMILES string of the molecule is COc1ccc(CN2CCCC(N3CCOCC3)C2)c(OC)c1C. The third-order valence-corrected chi connectivity index (χ3v) is 5.30. The minimum atomic E-state index is 0.660. The smallest absolute Gasteiger partial charge is 0.129 e. The van der Waals surface area contributed by atoms with Gasteiger partial charge in [0, 0.05) is 43.3 Å². The van der Waals surface area contributed by atoms with E-state index in [0.717, 1.165) is 63.0 Å². The first-order valence-electron chi connectivity index (χ1n) is 8.97. The lowest BCUT2D eigenvalue weighted by Gasteiger charge is -2.41. The van der Waals surface area contributed by atoms with Crippen LogP contribution in [0.1, 0.15) is 24.0 Å². The number of rotatable bonds is 5. The minimum absolute atomic E-state index is 0.660. The molecule has 0 radical (unpaired) electrons. The average Bonchev–Trinajstić information content (AvgIpc) is 2.63. The summed E-state index contributed by atoms with van der Waals surface area (Å²) in [7, 11) is 3.46. The molecule has 0 aromatic heterocycles. The maximum atomic E-state index is 5.67. The number of morpholine rings is 1. The van der Waals surface area contributed by atoms with Gasteiger partial charge >= 0.3 is 0 Å². The van der Waals surface area contributed by atoms with E-state index in [0.29, 0.717) is 6.04 Å². The molecule has 1 atom stereocenters. The van der Waals surface area contributed by atoms with Gasteiger partial charge in [0.05, 0.1) is 27.4 Å². The summed E-state index contributed by atoms with van der Waals surface area (Å²) in [4.78, 5) is 5.17. The minimum Gasteiger partial charge on any atom is -0.496 e. The predicted molar refractivity (Wildman–Crippen MR) is 95.0 cm³/mol. The molecule has 1 unspecified atom stereocenters. The Balaban J connectivity index is 1.68. The zero-order valence-electron chi connectivity index (χ0n) is 15.2. The number of nitrogens with zero attached hydrogens (tertiary/aromatic N) is 2. The summed E-state index contributed by atoms with van der Waals surface area (Å²) in [5, 5.41) is 0. The van der Waals surface area contributed by atoms with Gasteiger partial charge in [-0.05, 0) is 32.4 Å². The van der Waals surface area contributed by atoms with Gasteiger partial charge in [-0.1, -0.05) is 6.07 Å². The zero-order valence-corrected chi connectivity index (χ0v) is 15.2. The number of methoxy groups -OCH3 is 2. The molecule has 2 aliphatic rings. The van der Waals surface area contributed by atoms with Crippen molar-refractivity contribution in [3.63, 3.8) is 0 Å². The lowest BCUT2D eigenvalue weighted by atomic mass is 10.0. The number of ether oxygens (including phenoxy) is 3. The molecule has 2 heterocycles. The zero-order chi connectivity index (χ0) is 16.9. The fourth-order valence-corrected chi connectivity index (χ4v) is 4.02. The molecule has 0 spiro atoms. The van der Waals surface area contributed by atoms with Crippen molar-refractivity contribution >= 4 is 0 Å². The second kappa shape index (κ2) is 8.19. The third-order valence-electron chi connectivity index (χ3n) is 5.30. The number of likely N-dealkylation sites (tertiary alicyclic amines) is 1. The topological polar surface area (TPSA) is 34.2 Å². The average molecular weight is 334 g/mol. The van der Waals surface area contributed by atoms with Crippen molar-refractivity contribution in [2.75, 3.05) is 53.6 Å². The Kier molecular flexibility index (Phi) is 5.98. The number of hydrogen-bond acceptors (Lipinski definition) is 5. The molecule has 0 amide bonds. The van der Waals surface area contributed by atoms with Crippen LogP contribution in [0.25, 0.3) is 0 Å². The van der Waals surface area contributed by atoms with Gasteiger partial charge in [-0.2, -0.15) is 0 Å². The normalized spacial score (nSPS) is 23.2. The van der Waals surface area contributed by atoms with Crippen LogP contribution in [-0.2, 0) is 11.3 Å². The molecule has 0 N–H and O–H groups in total. The molecule has 2 saturated heterocycles. The van der Waals surface area contributed by atoms with Crippen molar-refractivity contribution in [1.29, 1.82) is 0 Å². The molecule has 3 rings (SSSR count). The monoisotopic (exact) mass is 334 g/mol. The first-order chi connectivity index (χ1) is 11.7. The van der Waals surface area contributed by atoms with E-state index in [-0.39, 0.29) is 0 Å². The highest BCUT2D eigenvalue weighted by atomic mass is 16.5. The highest BCUT2D eigenvalue weighted by Crippen LogP contribution is 2.32. The highest BCUT2D eigenvalue weighted by Gasteiger charge is 2.27. The van der Waals surface area contributed by atoms with E-state index in [1.54, 1.807) is 14.2 Å². The van der Waals surface area contributed by atoms with Gasteiger partial charge in [-0.3, -0.25) is 9.80 Å². The van der Waals surface area contributed by atoms with Crippen LogP contribution in [0, 0.1) is 6.92 Å². The summed E-state index contributed by atoms with van der Waals surface area (Å²) in [6.45, 7) is 9.20. The highest BCUT2D eigenvalue weighted by molar-refractivity contribution is 5.49. The first-order valence-corrected chi connectivity index (χ1v) is 8.97. The van der Waals surface area contributed by atoms with E-state index in [1.165, 1.54) is 18.4 Å². The summed E-state index contributed by atoms with van der Waals surface area (Å²) < 4.78 is 16.6. The fraction of sp³-hybridized carbons (Fsp3) is 0.684. The largest absolute Gasteiger partial charge is 0.496 e. The van der Waals surface area contributed by atoms with Gasteiger partial charge in [0.25, 0.3) is 0 Å². The maximum absolute atomic E-state index is 5.67. The van der Waals surface area contributed by atoms with E-state index in [9.17, 15) is 0 Å². The molecular formula is C19H30N2O3. The van der Waals surface area contributed by atoms with Gasteiger partial charge in [-0.15, -0.1) is 0 Å². The Morgan fingerprint density at radius 2 is 1.92 bits per heavy atom. The van der Waals surface area contributed by atoms with Gasteiger partial charge in [0.1, 0.15) is 11.5 Å². The van der Waals surface area contributed by atoms with Crippen molar-refractivity contribution in [1.82, 2.24) is 9.80 Å². The molecule has 0 saturated carbocycles. The molecule has 1 aromatic carbocycles. The molecule has 2 aliphatic heterocycles. The molecule has 0 aliphatic carbocycles. The van der Waals surface area contributed by atoms with Crippen molar-refractivity contribution in [2.45, 2.75) is 32.4 Å². The Labute approximate surface area is 145 Å². The van der Waals surface area contributed by atoms with Gasteiger partial charge in [0.15, 0.2) is 0 Å². The van der Waals surface area contributed by atoms with Crippen LogP contribution in [0.4, 0.5) is 0 Å². The molecule has 134 valence electrons. The summed E-state index contributed by atoms with van der Waals surface area (Å²) in [6, 6.07) is 4.85. The Hall–Kier alpha value is -1.30. The van der Waals surface area contributed by atoms with Crippen LogP contribution in [0.2, 0.25) is 0 Å². The number of benzene rings is 1. The van der Waals surface area contributed by atoms with Crippen molar-refractivity contribution in [3.05, 3.63) is 23.3 Å². The number of piperidine rings is 1. The molecule has 24 heavy (non-hydrogen) atoms. The third kappa shape index (κ3) is 3.85. The Morgan fingerprint density at radius 1 is 1.12 bits per heavy atom. The van der Waals surface area contributed by atoms with E-state index < -0.39 is 0 Å². The van der Waals surface area contributed by atoms with Gasteiger partial charge in [0.2, 0.25) is 0 Å². The van der Waals surface area contributed by atoms with Crippen molar-refractivity contribution in [2.24, 2.45) is 0 Å². The fourth-order valence-electron chi connectivity index (χ4n) is 4.02. The molecule has 2 fully saturated rings. The first kappa shape index (κ1) is 17.5.